The number of amides is 1. The molecule has 1 fully saturated rings. The lowest BCUT2D eigenvalue weighted by Gasteiger charge is -2.20. The van der Waals surface area contributed by atoms with E-state index in [1.54, 1.807) is 12.1 Å². The quantitative estimate of drug-likeness (QED) is 0.864. The number of hydrogen-bond acceptors (Lipinski definition) is 3. The molecule has 0 aromatic heterocycles. The van der Waals surface area contributed by atoms with Gasteiger partial charge in [-0.05, 0) is 60.2 Å². The molecular weight excluding hydrogens is 360 g/mol. The van der Waals surface area contributed by atoms with Gasteiger partial charge in [-0.15, -0.1) is 0 Å². The van der Waals surface area contributed by atoms with E-state index in [4.69, 9.17) is 0 Å². The molecule has 1 amide bonds. The van der Waals surface area contributed by atoms with Crippen LogP contribution in [0.1, 0.15) is 48.7 Å². The molecule has 5 nitrogen and oxygen atoms in total. The van der Waals surface area contributed by atoms with E-state index in [1.807, 2.05) is 37.3 Å². The Morgan fingerprint density at radius 1 is 1.07 bits per heavy atom. The monoisotopic (exact) mass is 386 g/mol. The highest BCUT2D eigenvalue weighted by atomic mass is 32.2. The van der Waals surface area contributed by atoms with Gasteiger partial charge in [0.2, 0.25) is 10.0 Å². The van der Waals surface area contributed by atoms with Crippen LogP contribution in [0.2, 0.25) is 0 Å². The molecule has 1 saturated heterocycles. The first kappa shape index (κ1) is 19.4. The number of carbonyl (C=O) groups is 1. The van der Waals surface area contributed by atoms with Crippen molar-refractivity contribution in [3.63, 3.8) is 0 Å². The largest absolute Gasteiger partial charge is 0.322 e. The summed E-state index contributed by atoms with van der Waals surface area (Å²) in [5, 5.41) is 2.89. The summed E-state index contributed by atoms with van der Waals surface area (Å²) >= 11 is 0. The van der Waals surface area contributed by atoms with Gasteiger partial charge in [0, 0.05) is 17.8 Å². The molecule has 2 aromatic carbocycles. The van der Waals surface area contributed by atoms with Crippen molar-refractivity contribution >= 4 is 27.3 Å². The van der Waals surface area contributed by atoms with E-state index in [1.165, 1.54) is 9.87 Å². The highest BCUT2D eigenvalue weighted by molar-refractivity contribution is 7.93. The van der Waals surface area contributed by atoms with Crippen molar-refractivity contribution in [2.45, 2.75) is 39.5 Å². The predicted octanol–water partition coefficient (Wildman–Crippen LogP) is 4.08. The predicted molar refractivity (Wildman–Crippen MR) is 110 cm³/mol. The fourth-order valence-corrected chi connectivity index (χ4v) is 4.87. The highest BCUT2D eigenvalue weighted by Crippen LogP contribution is 2.29. The van der Waals surface area contributed by atoms with Crippen molar-refractivity contribution in [1.29, 1.82) is 0 Å². The Kier molecular flexibility index (Phi) is 5.04. The lowest BCUT2D eigenvalue weighted by molar-refractivity contribution is 0.102. The molecule has 1 heterocycles. The molecule has 6 heteroatoms. The molecule has 2 aromatic rings. The van der Waals surface area contributed by atoms with Gasteiger partial charge in [0.25, 0.3) is 5.91 Å². The van der Waals surface area contributed by atoms with Crippen molar-refractivity contribution < 1.29 is 13.2 Å². The zero-order valence-corrected chi connectivity index (χ0v) is 17.1. The number of nitrogens with zero attached hydrogens (tertiary/aromatic N) is 1. The van der Waals surface area contributed by atoms with Gasteiger partial charge in [0.15, 0.2) is 0 Å². The van der Waals surface area contributed by atoms with Crippen molar-refractivity contribution in [2.24, 2.45) is 0 Å². The van der Waals surface area contributed by atoms with Crippen molar-refractivity contribution in [3.8, 4) is 0 Å². The van der Waals surface area contributed by atoms with Gasteiger partial charge >= 0.3 is 0 Å². The van der Waals surface area contributed by atoms with Crippen LogP contribution in [-0.2, 0) is 15.4 Å². The maximum Gasteiger partial charge on any atom is 0.255 e. The highest BCUT2D eigenvalue weighted by Gasteiger charge is 2.29. The third-order valence-corrected chi connectivity index (χ3v) is 6.69. The zero-order valence-electron chi connectivity index (χ0n) is 16.2. The van der Waals surface area contributed by atoms with Crippen LogP contribution in [0.4, 0.5) is 11.4 Å². The van der Waals surface area contributed by atoms with E-state index in [2.05, 4.69) is 26.1 Å². The van der Waals surface area contributed by atoms with E-state index < -0.39 is 10.0 Å². The molecule has 0 saturated carbocycles. The summed E-state index contributed by atoms with van der Waals surface area (Å²) in [6, 6.07) is 12.9. The number of rotatable bonds is 3. The molecule has 0 atom stereocenters. The van der Waals surface area contributed by atoms with Crippen LogP contribution >= 0.6 is 0 Å². The van der Waals surface area contributed by atoms with E-state index in [9.17, 15) is 13.2 Å². The molecule has 1 aliphatic heterocycles. The van der Waals surface area contributed by atoms with E-state index >= 15 is 0 Å². The van der Waals surface area contributed by atoms with Crippen LogP contribution in [0.3, 0.4) is 0 Å². The van der Waals surface area contributed by atoms with E-state index in [0.29, 0.717) is 29.9 Å². The lowest BCUT2D eigenvalue weighted by Crippen LogP contribution is -2.25. The summed E-state index contributed by atoms with van der Waals surface area (Å²) < 4.78 is 25.7. The molecule has 1 N–H and O–H groups in total. The van der Waals surface area contributed by atoms with Crippen LogP contribution in [0, 0.1) is 6.92 Å². The third-order valence-electron chi connectivity index (χ3n) is 4.84. The molecule has 0 spiro atoms. The molecular formula is C21H26N2O3S. The summed E-state index contributed by atoms with van der Waals surface area (Å²) in [6.45, 7) is 8.76. The van der Waals surface area contributed by atoms with Crippen LogP contribution in [0.15, 0.2) is 42.5 Å². The SMILES string of the molecule is Cc1cc(NC(=O)c2ccc(C(C)(C)C)cc2)ccc1N1CCCS1(=O)=O. The van der Waals surface area contributed by atoms with Gasteiger partial charge in [0.05, 0.1) is 11.4 Å². The van der Waals surface area contributed by atoms with E-state index in [0.717, 1.165) is 5.56 Å². The number of hydrogen-bond donors (Lipinski definition) is 1. The number of nitrogens with one attached hydrogen (secondary N) is 1. The van der Waals surface area contributed by atoms with Gasteiger partial charge in [-0.2, -0.15) is 0 Å². The van der Waals surface area contributed by atoms with Crippen LogP contribution in [0.5, 0.6) is 0 Å². The summed E-state index contributed by atoms with van der Waals surface area (Å²) in [5.41, 5.74) is 3.95. The van der Waals surface area contributed by atoms with Crippen LogP contribution in [0.25, 0.3) is 0 Å². The number of carbonyl (C=O) groups excluding carboxylic acids is 1. The number of sulfonamides is 1. The Bertz CT molecular complexity index is 958. The first-order chi connectivity index (χ1) is 12.6. The minimum atomic E-state index is -3.21. The second kappa shape index (κ2) is 7.00. The van der Waals surface area contributed by atoms with Gasteiger partial charge in [-0.3, -0.25) is 9.10 Å². The molecule has 27 heavy (non-hydrogen) atoms. The zero-order chi connectivity index (χ0) is 19.8. The molecule has 3 rings (SSSR count). The number of benzene rings is 2. The molecule has 0 bridgehead atoms. The Morgan fingerprint density at radius 3 is 2.26 bits per heavy atom. The fraction of sp³-hybridized carbons (Fsp3) is 0.381. The summed E-state index contributed by atoms with van der Waals surface area (Å²) in [5.74, 6) is 0.00608. The van der Waals surface area contributed by atoms with Crippen molar-refractivity contribution in [3.05, 3.63) is 59.2 Å². The third kappa shape index (κ3) is 4.16. The average Bonchev–Trinajstić information content (AvgIpc) is 2.93. The van der Waals surface area contributed by atoms with Crippen LogP contribution < -0.4 is 9.62 Å². The normalized spacial score (nSPS) is 16.4. The standard InChI is InChI=1S/C21H26N2O3S/c1-15-14-18(10-11-19(15)23-12-5-13-27(23,25)26)22-20(24)16-6-8-17(9-7-16)21(2,3)4/h6-11,14H,5,12-13H2,1-4H3,(H,22,24). The summed E-state index contributed by atoms with van der Waals surface area (Å²) in [4.78, 5) is 12.5. The first-order valence-electron chi connectivity index (χ1n) is 9.11. The smallest absolute Gasteiger partial charge is 0.255 e. The second-order valence-corrected chi connectivity index (χ2v) is 10.0. The number of anilines is 2. The topological polar surface area (TPSA) is 66.5 Å². The minimum Gasteiger partial charge on any atom is -0.322 e. The average molecular weight is 387 g/mol. The Balaban J connectivity index is 1.76. The van der Waals surface area contributed by atoms with Crippen molar-refractivity contribution in [2.75, 3.05) is 21.9 Å². The maximum absolute atomic E-state index is 12.5. The summed E-state index contributed by atoms with van der Waals surface area (Å²) in [7, 11) is -3.21. The summed E-state index contributed by atoms with van der Waals surface area (Å²) in [6.07, 6.45) is 0.644. The van der Waals surface area contributed by atoms with Gasteiger partial charge in [0.1, 0.15) is 0 Å². The van der Waals surface area contributed by atoms with Gasteiger partial charge < -0.3 is 5.32 Å². The molecule has 1 aliphatic rings. The Morgan fingerprint density at radius 2 is 1.74 bits per heavy atom. The molecule has 0 aliphatic carbocycles. The van der Waals surface area contributed by atoms with Gasteiger partial charge in [-0.25, -0.2) is 8.42 Å². The second-order valence-electron chi connectivity index (χ2n) is 8.02. The lowest BCUT2D eigenvalue weighted by atomic mass is 9.87. The molecule has 144 valence electrons. The van der Waals surface area contributed by atoms with E-state index in [-0.39, 0.29) is 17.1 Å². The number of aryl methyl sites for hydroxylation is 1. The van der Waals surface area contributed by atoms with Crippen LogP contribution in [-0.4, -0.2) is 26.6 Å². The van der Waals surface area contributed by atoms with Crippen molar-refractivity contribution in [1.82, 2.24) is 0 Å². The molecule has 0 radical (unpaired) electrons. The maximum atomic E-state index is 12.5. The fourth-order valence-electron chi connectivity index (χ4n) is 3.25. The Labute approximate surface area is 161 Å². The first-order valence-corrected chi connectivity index (χ1v) is 10.7. The van der Waals surface area contributed by atoms with Gasteiger partial charge in [-0.1, -0.05) is 32.9 Å². The Hall–Kier alpha value is -2.34. The minimum absolute atomic E-state index is 0.0395. The molecule has 0 unspecified atom stereocenters.